The number of rotatable bonds is 7. The van der Waals surface area contributed by atoms with Crippen molar-refractivity contribution in [3.8, 4) is 0 Å². The van der Waals surface area contributed by atoms with Crippen molar-refractivity contribution in [2.75, 3.05) is 33.4 Å². The van der Waals surface area contributed by atoms with Gasteiger partial charge in [-0.3, -0.25) is 14.5 Å². The van der Waals surface area contributed by atoms with E-state index in [4.69, 9.17) is 9.84 Å². The van der Waals surface area contributed by atoms with Crippen molar-refractivity contribution in [2.24, 2.45) is 11.8 Å². The lowest BCUT2D eigenvalue weighted by atomic mass is 10.0. The van der Waals surface area contributed by atoms with E-state index in [1.54, 1.807) is 11.9 Å². The minimum absolute atomic E-state index is 0.0702. The molecule has 0 aromatic heterocycles. The zero-order valence-corrected chi connectivity index (χ0v) is 11.9. The van der Waals surface area contributed by atoms with Crippen LogP contribution in [0, 0.1) is 11.8 Å². The highest BCUT2D eigenvalue weighted by Gasteiger charge is 2.37. The summed E-state index contributed by atoms with van der Waals surface area (Å²) in [5.74, 6) is -0.931. The van der Waals surface area contributed by atoms with Gasteiger partial charge in [0, 0.05) is 12.6 Å². The highest BCUT2D eigenvalue weighted by molar-refractivity contribution is 5.78. The normalized spacial score (nSPS) is 23.0. The van der Waals surface area contributed by atoms with E-state index >= 15 is 0 Å². The summed E-state index contributed by atoms with van der Waals surface area (Å²) in [6.45, 7) is 5.66. The lowest BCUT2D eigenvalue weighted by Crippen LogP contribution is -2.45. The minimum Gasteiger partial charge on any atom is -0.481 e. The van der Waals surface area contributed by atoms with Gasteiger partial charge in [0.15, 0.2) is 0 Å². The fourth-order valence-electron chi connectivity index (χ4n) is 2.11. The van der Waals surface area contributed by atoms with Crippen LogP contribution >= 0.6 is 0 Å². The van der Waals surface area contributed by atoms with Crippen LogP contribution in [0.4, 0.5) is 0 Å². The Kier molecular flexibility index (Phi) is 6.24. The zero-order valence-electron chi connectivity index (χ0n) is 11.9. The molecule has 1 aliphatic heterocycles. The SMILES string of the molecule is CC(C)CCNC(=O)CN(C)C1COCC1C(=O)O. The Balaban J connectivity index is 2.35. The first kappa shape index (κ1) is 15.9. The second-order valence-electron chi connectivity index (χ2n) is 5.50. The van der Waals surface area contributed by atoms with Gasteiger partial charge in [0.1, 0.15) is 0 Å². The van der Waals surface area contributed by atoms with E-state index in [0.717, 1.165) is 6.42 Å². The van der Waals surface area contributed by atoms with Crippen LogP contribution in [-0.2, 0) is 14.3 Å². The molecule has 0 aromatic rings. The molecule has 0 saturated carbocycles. The molecule has 1 amide bonds. The summed E-state index contributed by atoms with van der Waals surface area (Å²) < 4.78 is 5.19. The first-order valence-corrected chi connectivity index (χ1v) is 6.69. The van der Waals surface area contributed by atoms with Gasteiger partial charge in [-0.1, -0.05) is 13.8 Å². The molecule has 2 N–H and O–H groups in total. The van der Waals surface area contributed by atoms with E-state index in [9.17, 15) is 9.59 Å². The van der Waals surface area contributed by atoms with Crippen molar-refractivity contribution < 1.29 is 19.4 Å². The van der Waals surface area contributed by atoms with Crippen molar-refractivity contribution in [1.29, 1.82) is 0 Å². The first-order valence-electron chi connectivity index (χ1n) is 6.69. The molecular weight excluding hydrogens is 248 g/mol. The lowest BCUT2D eigenvalue weighted by molar-refractivity contribution is -0.143. The second-order valence-corrected chi connectivity index (χ2v) is 5.50. The summed E-state index contributed by atoms with van der Waals surface area (Å²) in [6.07, 6.45) is 0.944. The van der Waals surface area contributed by atoms with Gasteiger partial charge in [-0.25, -0.2) is 0 Å². The molecule has 0 aromatic carbocycles. The maximum absolute atomic E-state index is 11.7. The Morgan fingerprint density at radius 3 is 2.68 bits per heavy atom. The number of hydrogen-bond donors (Lipinski definition) is 2. The maximum Gasteiger partial charge on any atom is 0.310 e. The van der Waals surface area contributed by atoms with E-state index < -0.39 is 11.9 Å². The number of carboxylic acids is 1. The Morgan fingerprint density at radius 2 is 2.11 bits per heavy atom. The van der Waals surface area contributed by atoms with Crippen LogP contribution in [0.15, 0.2) is 0 Å². The van der Waals surface area contributed by atoms with Crippen LogP contribution in [0.25, 0.3) is 0 Å². The number of nitrogens with zero attached hydrogens (tertiary/aromatic N) is 1. The van der Waals surface area contributed by atoms with Crippen LogP contribution in [0.3, 0.4) is 0 Å². The molecule has 0 bridgehead atoms. The zero-order chi connectivity index (χ0) is 14.4. The number of likely N-dealkylation sites (N-methyl/N-ethyl adjacent to an activating group) is 1. The summed E-state index contributed by atoms with van der Waals surface area (Å²) >= 11 is 0. The van der Waals surface area contributed by atoms with E-state index in [1.165, 1.54) is 0 Å². The molecule has 110 valence electrons. The van der Waals surface area contributed by atoms with Gasteiger partial charge in [0.25, 0.3) is 0 Å². The van der Waals surface area contributed by atoms with E-state index in [0.29, 0.717) is 19.1 Å². The van der Waals surface area contributed by atoms with Crippen molar-refractivity contribution in [3.05, 3.63) is 0 Å². The summed E-state index contributed by atoms with van der Waals surface area (Å²) in [7, 11) is 1.76. The fraction of sp³-hybridized carbons (Fsp3) is 0.846. The highest BCUT2D eigenvalue weighted by atomic mass is 16.5. The molecule has 0 spiro atoms. The molecule has 2 atom stereocenters. The van der Waals surface area contributed by atoms with Gasteiger partial charge in [0.2, 0.25) is 5.91 Å². The third-order valence-electron chi connectivity index (χ3n) is 3.37. The number of amides is 1. The Labute approximate surface area is 114 Å². The number of carbonyl (C=O) groups excluding carboxylic acids is 1. The van der Waals surface area contributed by atoms with Crippen LogP contribution in [-0.4, -0.2) is 61.3 Å². The smallest absolute Gasteiger partial charge is 0.310 e. The number of nitrogens with one attached hydrogen (secondary N) is 1. The number of aliphatic carboxylic acids is 1. The number of hydrogen-bond acceptors (Lipinski definition) is 4. The van der Waals surface area contributed by atoms with Gasteiger partial charge in [-0.15, -0.1) is 0 Å². The monoisotopic (exact) mass is 272 g/mol. The molecule has 1 rings (SSSR count). The second kappa shape index (κ2) is 7.45. The molecule has 19 heavy (non-hydrogen) atoms. The molecule has 1 fully saturated rings. The number of carboxylic acid groups (broad SMARTS) is 1. The maximum atomic E-state index is 11.7. The van der Waals surface area contributed by atoms with Gasteiger partial charge >= 0.3 is 5.97 Å². The molecule has 0 aliphatic carbocycles. The Morgan fingerprint density at radius 1 is 1.42 bits per heavy atom. The third-order valence-corrected chi connectivity index (χ3v) is 3.37. The van der Waals surface area contributed by atoms with Crippen molar-refractivity contribution >= 4 is 11.9 Å². The molecule has 6 nitrogen and oxygen atoms in total. The molecule has 1 saturated heterocycles. The summed E-state index contributed by atoms with van der Waals surface area (Å²) in [6, 6.07) is -0.228. The van der Waals surface area contributed by atoms with E-state index in [-0.39, 0.29) is 25.1 Å². The summed E-state index contributed by atoms with van der Waals surface area (Å²) in [5.41, 5.74) is 0. The average molecular weight is 272 g/mol. The largest absolute Gasteiger partial charge is 0.481 e. The van der Waals surface area contributed by atoms with Crippen LogP contribution in [0.1, 0.15) is 20.3 Å². The average Bonchev–Trinajstić information content (AvgIpc) is 2.77. The van der Waals surface area contributed by atoms with E-state index in [1.807, 2.05) is 0 Å². The predicted molar refractivity (Wildman–Crippen MR) is 70.8 cm³/mol. The quantitative estimate of drug-likeness (QED) is 0.691. The predicted octanol–water partition coefficient (Wildman–Crippen LogP) is 0.180. The van der Waals surface area contributed by atoms with Gasteiger partial charge in [0.05, 0.1) is 25.7 Å². The van der Waals surface area contributed by atoms with Gasteiger partial charge in [-0.2, -0.15) is 0 Å². The highest BCUT2D eigenvalue weighted by Crippen LogP contribution is 2.18. The standard InChI is InChI=1S/C13H24N2O4/c1-9(2)4-5-14-12(16)6-15(3)11-8-19-7-10(11)13(17)18/h9-11H,4-8H2,1-3H3,(H,14,16)(H,17,18). The van der Waals surface area contributed by atoms with Crippen molar-refractivity contribution in [1.82, 2.24) is 10.2 Å². The first-order chi connectivity index (χ1) is 8.91. The Bertz CT molecular complexity index is 320. The molecule has 0 radical (unpaired) electrons. The van der Waals surface area contributed by atoms with Gasteiger partial charge < -0.3 is 15.2 Å². The third kappa shape index (κ3) is 5.16. The fourth-order valence-corrected chi connectivity index (χ4v) is 2.11. The topological polar surface area (TPSA) is 78.9 Å². The van der Waals surface area contributed by atoms with Crippen molar-refractivity contribution in [2.45, 2.75) is 26.3 Å². The van der Waals surface area contributed by atoms with Crippen LogP contribution < -0.4 is 5.32 Å². The van der Waals surface area contributed by atoms with Gasteiger partial charge in [-0.05, 0) is 19.4 Å². The van der Waals surface area contributed by atoms with Crippen molar-refractivity contribution in [3.63, 3.8) is 0 Å². The Hall–Kier alpha value is -1.14. The molecule has 1 heterocycles. The minimum atomic E-state index is -0.866. The lowest BCUT2D eigenvalue weighted by Gasteiger charge is -2.25. The number of carbonyl (C=O) groups is 2. The molecular formula is C13H24N2O4. The van der Waals surface area contributed by atoms with Crippen LogP contribution in [0.2, 0.25) is 0 Å². The summed E-state index contributed by atoms with van der Waals surface area (Å²) in [4.78, 5) is 24.5. The summed E-state index contributed by atoms with van der Waals surface area (Å²) in [5, 5.41) is 11.9. The molecule has 2 unspecified atom stereocenters. The molecule has 6 heteroatoms. The van der Waals surface area contributed by atoms with Crippen LogP contribution in [0.5, 0.6) is 0 Å². The molecule has 1 aliphatic rings. The van der Waals surface area contributed by atoms with E-state index in [2.05, 4.69) is 19.2 Å². The number of ether oxygens (including phenoxy) is 1.